The van der Waals surface area contributed by atoms with Gasteiger partial charge >= 0.3 is 0 Å². The molecule has 0 radical (unpaired) electrons. The first-order valence-corrected chi connectivity index (χ1v) is 3.64. The van der Waals surface area contributed by atoms with Crippen molar-refractivity contribution in [3.63, 3.8) is 0 Å². The summed E-state index contributed by atoms with van der Waals surface area (Å²) in [6, 6.07) is 6.44. The molecule has 1 rings (SSSR count). The van der Waals surface area contributed by atoms with Gasteiger partial charge in [0.05, 0.1) is 6.10 Å². The summed E-state index contributed by atoms with van der Waals surface area (Å²) in [5, 5.41) is 18.5. The highest BCUT2D eigenvalue weighted by Crippen LogP contribution is 2.19. The smallest absolute Gasteiger partial charge is 0.115 e. The lowest BCUT2D eigenvalue weighted by molar-refractivity contribution is 0.183. The second kappa shape index (κ2) is 3.80. The van der Waals surface area contributed by atoms with Gasteiger partial charge in [-0.15, -0.1) is 12.3 Å². The van der Waals surface area contributed by atoms with E-state index in [1.807, 2.05) is 0 Å². The Morgan fingerprint density at radius 3 is 2.83 bits per heavy atom. The molecule has 0 aliphatic carbocycles. The predicted octanol–water partition coefficient (Wildman–Crippen LogP) is 1.45. The van der Waals surface area contributed by atoms with Crippen LogP contribution in [-0.2, 0) is 0 Å². The van der Waals surface area contributed by atoms with Gasteiger partial charge in [0, 0.05) is 6.42 Å². The Kier molecular flexibility index (Phi) is 2.73. The first-order chi connectivity index (χ1) is 5.74. The Hall–Kier alpha value is -1.46. The Labute approximate surface area is 71.5 Å². The maximum absolute atomic E-state index is 9.39. The van der Waals surface area contributed by atoms with Gasteiger partial charge in [0.25, 0.3) is 0 Å². The topological polar surface area (TPSA) is 40.5 Å². The van der Waals surface area contributed by atoms with Crippen LogP contribution in [0.25, 0.3) is 0 Å². The predicted molar refractivity (Wildman–Crippen MR) is 46.5 cm³/mol. The number of hydrogen-bond acceptors (Lipinski definition) is 2. The van der Waals surface area contributed by atoms with Gasteiger partial charge in [-0.3, -0.25) is 0 Å². The molecule has 0 spiro atoms. The van der Waals surface area contributed by atoms with Crippen LogP contribution in [0.15, 0.2) is 24.3 Å². The van der Waals surface area contributed by atoms with Crippen LogP contribution in [0.3, 0.4) is 0 Å². The van der Waals surface area contributed by atoms with Crippen molar-refractivity contribution in [1.82, 2.24) is 0 Å². The van der Waals surface area contributed by atoms with E-state index in [1.165, 1.54) is 6.07 Å². The van der Waals surface area contributed by atoms with E-state index in [1.54, 1.807) is 18.2 Å². The van der Waals surface area contributed by atoms with Crippen molar-refractivity contribution in [2.24, 2.45) is 0 Å². The first-order valence-electron chi connectivity index (χ1n) is 3.64. The molecule has 0 saturated carbocycles. The van der Waals surface area contributed by atoms with E-state index in [0.29, 0.717) is 5.56 Å². The molecule has 0 unspecified atom stereocenters. The van der Waals surface area contributed by atoms with Crippen molar-refractivity contribution in [3.8, 4) is 18.1 Å². The molecule has 0 bridgehead atoms. The molecular weight excluding hydrogens is 152 g/mol. The number of aliphatic hydroxyl groups excluding tert-OH is 1. The number of phenolic OH excluding ortho intramolecular Hbond substituents is 1. The molecule has 1 aromatic carbocycles. The van der Waals surface area contributed by atoms with Crippen LogP contribution in [0.1, 0.15) is 18.1 Å². The molecule has 0 aliphatic rings. The summed E-state index contributed by atoms with van der Waals surface area (Å²) < 4.78 is 0. The summed E-state index contributed by atoms with van der Waals surface area (Å²) in [5.74, 6) is 2.50. The van der Waals surface area contributed by atoms with E-state index in [4.69, 9.17) is 11.5 Å². The monoisotopic (exact) mass is 162 g/mol. The SMILES string of the molecule is C#CC[C@H](O)c1cccc(O)c1. The number of rotatable bonds is 2. The number of aromatic hydroxyl groups is 1. The Balaban J connectivity index is 2.82. The molecule has 0 aromatic heterocycles. The van der Waals surface area contributed by atoms with Gasteiger partial charge in [-0.25, -0.2) is 0 Å². The second-order valence-electron chi connectivity index (χ2n) is 2.52. The first kappa shape index (κ1) is 8.63. The maximum atomic E-state index is 9.39. The van der Waals surface area contributed by atoms with E-state index < -0.39 is 6.10 Å². The molecule has 0 amide bonds. The number of terminal acetylenes is 1. The molecule has 2 nitrogen and oxygen atoms in total. The quantitative estimate of drug-likeness (QED) is 0.646. The third kappa shape index (κ3) is 2.01. The fraction of sp³-hybridized carbons (Fsp3) is 0.200. The van der Waals surface area contributed by atoms with Gasteiger partial charge in [0.15, 0.2) is 0 Å². The summed E-state index contributed by atoms with van der Waals surface area (Å²) >= 11 is 0. The highest BCUT2D eigenvalue weighted by atomic mass is 16.3. The number of hydrogen-bond donors (Lipinski definition) is 2. The lowest BCUT2D eigenvalue weighted by atomic mass is 10.1. The zero-order valence-electron chi connectivity index (χ0n) is 6.57. The van der Waals surface area contributed by atoms with Crippen molar-refractivity contribution in [1.29, 1.82) is 0 Å². The van der Waals surface area contributed by atoms with Crippen molar-refractivity contribution in [3.05, 3.63) is 29.8 Å². The van der Waals surface area contributed by atoms with E-state index in [-0.39, 0.29) is 12.2 Å². The molecule has 1 atom stereocenters. The van der Waals surface area contributed by atoms with E-state index in [2.05, 4.69) is 5.92 Å². The van der Waals surface area contributed by atoms with Crippen LogP contribution in [0, 0.1) is 12.3 Å². The van der Waals surface area contributed by atoms with Gasteiger partial charge in [0.2, 0.25) is 0 Å². The minimum absolute atomic E-state index is 0.142. The van der Waals surface area contributed by atoms with Crippen LogP contribution in [0.4, 0.5) is 0 Å². The molecule has 0 aliphatic heterocycles. The summed E-state index contributed by atoms with van der Waals surface area (Å²) in [4.78, 5) is 0. The largest absolute Gasteiger partial charge is 0.508 e. The molecule has 0 fully saturated rings. The van der Waals surface area contributed by atoms with Gasteiger partial charge < -0.3 is 10.2 Å². The van der Waals surface area contributed by atoms with Crippen LogP contribution >= 0.6 is 0 Å². The minimum atomic E-state index is -0.679. The zero-order valence-corrected chi connectivity index (χ0v) is 6.57. The summed E-state index contributed by atoms with van der Waals surface area (Å²) in [6.45, 7) is 0. The molecule has 62 valence electrons. The average molecular weight is 162 g/mol. The lowest BCUT2D eigenvalue weighted by Crippen LogP contribution is -1.94. The van der Waals surface area contributed by atoms with Crippen molar-refractivity contribution in [2.45, 2.75) is 12.5 Å². The fourth-order valence-electron chi connectivity index (χ4n) is 0.962. The van der Waals surface area contributed by atoms with Crippen LogP contribution in [-0.4, -0.2) is 10.2 Å². The summed E-state index contributed by atoms with van der Waals surface area (Å²) in [5.41, 5.74) is 0.646. The standard InChI is InChI=1S/C10H10O2/c1-2-4-10(12)8-5-3-6-9(11)7-8/h1,3,5-7,10-12H,4H2/t10-/m0/s1. The second-order valence-corrected chi connectivity index (χ2v) is 2.52. The maximum Gasteiger partial charge on any atom is 0.115 e. The lowest BCUT2D eigenvalue weighted by Gasteiger charge is -2.06. The molecule has 12 heavy (non-hydrogen) atoms. The Bertz CT molecular complexity index is 299. The van der Waals surface area contributed by atoms with Gasteiger partial charge in [-0.1, -0.05) is 12.1 Å². The zero-order chi connectivity index (χ0) is 8.97. The number of aliphatic hydroxyl groups is 1. The van der Waals surface area contributed by atoms with Gasteiger partial charge in [-0.2, -0.15) is 0 Å². The van der Waals surface area contributed by atoms with Gasteiger partial charge in [0.1, 0.15) is 5.75 Å². The van der Waals surface area contributed by atoms with E-state index in [0.717, 1.165) is 0 Å². The molecular formula is C10H10O2. The van der Waals surface area contributed by atoms with Crippen molar-refractivity contribution >= 4 is 0 Å². The minimum Gasteiger partial charge on any atom is -0.508 e. The van der Waals surface area contributed by atoms with E-state index >= 15 is 0 Å². The number of benzene rings is 1. The molecule has 0 heterocycles. The third-order valence-corrected chi connectivity index (χ3v) is 1.57. The number of phenols is 1. The van der Waals surface area contributed by atoms with E-state index in [9.17, 15) is 5.11 Å². The van der Waals surface area contributed by atoms with Crippen LogP contribution in [0.5, 0.6) is 5.75 Å². The molecule has 2 N–H and O–H groups in total. The van der Waals surface area contributed by atoms with Crippen LogP contribution in [0.2, 0.25) is 0 Å². The Morgan fingerprint density at radius 1 is 1.50 bits per heavy atom. The van der Waals surface area contributed by atoms with Crippen molar-refractivity contribution < 1.29 is 10.2 Å². The van der Waals surface area contributed by atoms with Gasteiger partial charge in [-0.05, 0) is 17.7 Å². The highest BCUT2D eigenvalue weighted by Gasteiger charge is 2.05. The highest BCUT2D eigenvalue weighted by molar-refractivity contribution is 5.29. The average Bonchev–Trinajstić information content (AvgIpc) is 2.05. The summed E-state index contributed by atoms with van der Waals surface area (Å²) in [7, 11) is 0. The third-order valence-electron chi connectivity index (χ3n) is 1.57. The van der Waals surface area contributed by atoms with Crippen molar-refractivity contribution in [2.75, 3.05) is 0 Å². The molecule has 2 heteroatoms. The van der Waals surface area contributed by atoms with Crippen LogP contribution < -0.4 is 0 Å². The normalized spacial score (nSPS) is 12.0. The Morgan fingerprint density at radius 2 is 2.25 bits per heavy atom. The molecule has 1 aromatic rings. The fourth-order valence-corrected chi connectivity index (χ4v) is 0.962. The summed E-state index contributed by atoms with van der Waals surface area (Å²) in [6.07, 6.45) is 4.62. The molecule has 0 saturated heterocycles.